The average Bonchev–Trinajstić information content (AvgIpc) is 3.90. The maximum absolute atomic E-state index is 6.99. The molecule has 0 N–H and O–H groups in total. The molecule has 0 bridgehead atoms. The van der Waals surface area contributed by atoms with E-state index in [1.54, 1.807) is 0 Å². The van der Waals surface area contributed by atoms with Crippen molar-refractivity contribution in [3.05, 3.63) is 218 Å². The van der Waals surface area contributed by atoms with E-state index in [0.29, 0.717) is 17.5 Å². The normalized spacial score (nSPS) is 11.8. The van der Waals surface area contributed by atoms with Crippen molar-refractivity contribution in [2.75, 3.05) is 0 Å². The van der Waals surface area contributed by atoms with E-state index >= 15 is 0 Å². The second kappa shape index (κ2) is 14.5. The molecule has 0 unspecified atom stereocenters. The van der Waals surface area contributed by atoms with E-state index in [-0.39, 0.29) is 0 Å². The standard InChI is InChI=1S/C59H36N4O/c1-3-13-37(14-4-1)39-23-27-41(28-24-39)57-60-58(42-29-25-40(26-30-42)38-15-5-2-6-16-38)62-59(61-57)48-31-32-51(56-55(48)47-21-11-12-22-54(47)64-56)63-52-35-45-19-9-7-17-43(45)33-49(52)50-34-44-18-8-10-20-46(44)36-53(50)63/h1-36H. The first-order chi connectivity index (χ1) is 31.7. The molecule has 5 nitrogen and oxygen atoms in total. The molecule has 0 aliphatic heterocycles. The molecule has 3 heterocycles. The Balaban J connectivity index is 1.05. The van der Waals surface area contributed by atoms with Crippen LogP contribution in [-0.2, 0) is 0 Å². The number of hydrogen-bond acceptors (Lipinski definition) is 4. The number of para-hydroxylation sites is 1. The quantitative estimate of drug-likeness (QED) is 0.168. The van der Waals surface area contributed by atoms with Gasteiger partial charge < -0.3 is 8.98 Å². The highest BCUT2D eigenvalue weighted by Gasteiger charge is 2.23. The summed E-state index contributed by atoms with van der Waals surface area (Å²) in [5, 5.41) is 9.10. The number of benzene rings is 10. The highest BCUT2D eigenvalue weighted by Crippen LogP contribution is 2.44. The summed E-state index contributed by atoms with van der Waals surface area (Å²) in [5.74, 6) is 1.76. The Hall–Kier alpha value is -8.67. The van der Waals surface area contributed by atoms with Gasteiger partial charge in [0.25, 0.3) is 0 Å². The summed E-state index contributed by atoms with van der Waals surface area (Å²) < 4.78 is 9.37. The topological polar surface area (TPSA) is 56.7 Å². The molecule has 0 saturated heterocycles. The first kappa shape index (κ1) is 36.0. The predicted molar refractivity (Wildman–Crippen MR) is 264 cm³/mol. The molecule has 0 spiro atoms. The highest BCUT2D eigenvalue weighted by atomic mass is 16.3. The fourth-order valence-electron chi connectivity index (χ4n) is 9.46. The molecule has 13 aromatic rings. The van der Waals surface area contributed by atoms with Crippen LogP contribution < -0.4 is 0 Å². The molecular formula is C59H36N4O. The Labute approximate surface area is 368 Å². The first-order valence-corrected chi connectivity index (χ1v) is 21.6. The molecule has 64 heavy (non-hydrogen) atoms. The van der Waals surface area contributed by atoms with E-state index < -0.39 is 0 Å². The van der Waals surface area contributed by atoms with Crippen molar-refractivity contribution in [1.29, 1.82) is 0 Å². The summed E-state index contributed by atoms with van der Waals surface area (Å²) >= 11 is 0. The SMILES string of the molecule is c1ccc(-c2ccc(-c3nc(-c4ccc(-c5ccccc5)cc4)nc(-c4ccc(-n5c6cc7ccccc7cc6c6cc7ccccc7cc65)c5oc6ccccc6c45)n3)cc2)cc1. The maximum atomic E-state index is 6.99. The van der Waals surface area contributed by atoms with Crippen LogP contribution in [0.15, 0.2) is 223 Å². The Morgan fingerprint density at radius 3 is 1.28 bits per heavy atom. The number of furan rings is 1. The molecule has 3 aromatic heterocycles. The zero-order valence-electron chi connectivity index (χ0n) is 34.5. The minimum Gasteiger partial charge on any atom is -0.454 e. The van der Waals surface area contributed by atoms with Crippen molar-refractivity contribution in [1.82, 2.24) is 19.5 Å². The molecule has 0 aliphatic rings. The van der Waals surface area contributed by atoms with Gasteiger partial charge in [-0.15, -0.1) is 0 Å². The van der Waals surface area contributed by atoms with Gasteiger partial charge in [0.1, 0.15) is 5.58 Å². The summed E-state index contributed by atoms with van der Waals surface area (Å²) in [6.07, 6.45) is 0. The highest BCUT2D eigenvalue weighted by molar-refractivity contribution is 6.19. The van der Waals surface area contributed by atoms with Gasteiger partial charge in [-0.25, -0.2) is 15.0 Å². The fraction of sp³-hybridized carbons (Fsp3) is 0. The zero-order chi connectivity index (χ0) is 42.1. The predicted octanol–water partition coefficient (Wildman–Crippen LogP) is 15.5. The lowest BCUT2D eigenvalue weighted by Gasteiger charge is -2.13. The van der Waals surface area contributed by atoms with E-state index in [4.69, 9.17) is 19.4 Å². The Morgan fingerprint density at radius 1 is 0.328 bits per heavy atom. The van der Waals surface area contributed by atoms with Gasteiger partial charge in [-0.2, -0.15) is 0 Å². The van der Waals surface area contributed by atoms with Crippen LogP contribution in [0.5, 0.6) is 0 Å². The van der Waals surface area contributed by atoms with Gasteiger partial charge in [-0.05, 0) is 86.3 Å². The van der Waals surface area contributed by atoms with E-state index in [0.717, 1.165) is 77.6 Å². The van der Waals surface area contributed by atoms with Crippen molar-refractivity contribution >= 4 is 65.3 Å². The molecule has 10 aromatic carbocycles. The van der Waals surface area contributed by atoms with Crippen LogP contribution in [0.3, 0.4) is 0 Å². The Morgan fingerprint density at radius 2 is 0.750 bits per heavy atom. The molecular weight excluding hydrogens is 781 g/mol. The van der Waals surface area contributed by atoms with Crippen LogP contribution in [0.25, 0.3) is 127 Å². The molecule has 0 aliphatic carbocycles. The summed E-state index contributed by atoms with van der Waals surface area (Å²) in [6.45, 7) is 0. The number of fused-ring (bicyclic) bond motifs is 8. The van der Waals surface area contributed by atoms with E-state index in [1.807, 2.05) is 24.3 Å². The van der Waals surface area contributed by atoms with Crippen LogP contribution in [0.4, 0.5) is 0 Å². The minimum absolute atomic E-state index is 0.571. The first-order valence-electron chi connectivity index (χ1n) is 21.6. The fourth-order valence-corrected chi connectivity index (χ4v) is 9.46. The van der Waals surface area contributed by atoms with Crippen molar-refractivity contribution in [3.63, 3.8) is 0 Å². The number of hydrogen-bond donors (Lipinski definition) is 0. The molecule has 5 heteroatoms. The van der Waals surface area contributed by atoms with Gasteiger partial charge in [-0.3, -0.25) is 0 Å². The molecule has 0 atom stereocenters. The van der Waals surface area contributed by atoms with Crippen LogP contribution in [0.1, 0.15) is 0 Å². The van der Waals surface area contributed by atoms with Gasteiger partial charge >= 0.3 is 0 Å². The van der Waals surface area contributed by atoms with Gasteiger partial charge in [0.05, 0.1) is 16.7 Å². The lowest BCUT2D eigenvalue weighted by atomic mass is 10.0. The zero-order valence-corrected chi connectivity index (χ0v) is 34.5. The largest absolute Gasteiger partial charge is 0.454 e. The molecule has 0 radical (unpaired) electrons. The van der Waals surface area contributed by atoms with Gasteiger partial charge in [-0.1, -0.05) is 176 Å². The maximum Gasteiger partial charge on any atom is 0.164 e. The van der Waals surface area contributed by atoms with Crippen LogP contribution in [0.2, 0.25) is 0 Å². The van der Waals surface area contributed by atoms with Gasteiger partial charge in [0, 0.05) is 38.2 Å². The summed E-state index contributed by atoms with van der Waals surface area (Å²) in [4.78, 5) is 15.7. The average molecular weight is 817 g/mol. The number of aromatic nitrogens is 4. The number of nitrogens with zero attached hydrogens (tertiary/aromatic N) is 4. The molecule has 0 saturated carbocycles. The second-order valence-electron chi connectivity index (χ2n) is 16.4. The summed E-state index contributed by atoms with van der Waals surface area (Å²) in [7, 11) is 0. The van der Waals surface area contributed by atoms with Crippen LogP contribution >= 0.6 is 0 Å². The van der Waals surface area contributed by atoms with E-state index in [1.165, 1.54) is 32.3 Å². The van der Waals surface area contributed by atoms with Crippen molar-refractivity contribution in [2.45, 2.75) is 0 Å². The number of rotatable bonds is 6. The Bertz CT molecular complexity index is 3730. The Kier molecular flexibility index (Phi) is 8.15. The lowest BCUT2D eigenvalue weighted by Crippen LogP contribution is -2.01. The van der Waals surface area contributed by atoms with Crippen LogP contribution in [0, 0.1) is 0 Å². The lowest BCUT2D eigenvalue weighted by molar-refractivity contribution is 0.666. The van der Waals surface area contributed by atoms with Gasteiger partial charge in [0.15, 0.2) is 23.1 Å². The molecule has 298 valence electrons. The minimum atomic E-state index is 0.571. The molecule has 0 fully saturated rings. The molecule has 0 amide bonds. The summed E-state index contributed by atoms with van der Waals surface area (Å²) in [5.41, 5.74) is 12.0. The second-order valence-corrected chi connectivity index (χ2v) is 16.4. The van der Waals surface area contributed by atoms with Crippen molar-refractivity contribution in [3.8, 4) is 62.1 Å². The summed E-state index contributed by atoms with van der Waals surface area (Å²) in [6, 6.07) is 76.9. The van der Waals surface area contributed by atoms with E-state index in [9.17, 15) is 0 Å². The third-order valence-electron chi connectivity index (χ3n) is 12.6. The van der Waals surface area contributed by atoms with E-state index in [2.05, 4.69) is 199 Å². The smallest absolute Gasteiger partial charge is 0.164 e. The third-order valence-corrected chi connectivity index (χ3v) is 12.6. The molecule has 13 rings (SSSR count). The monoisotopic (exact) mass is 816 g/mol. The van der Waals surface area contributed by atoms with Crippen molar-refractivity contribution < 1.29 is 4.42 Å². The van der Waals surface area contributed by atoms with Crippen molar-refractivity contribution in [2.24, 2.45) is 0 Å². The van der Waals surface area contributed by atoms with Gasteiger partial charge in [0.2, 0.25) is 0 Å². The van der Waals surface area contributed by atoms with Crippen LogP contribution in [-0.4, -0.2) is 19.5 Å². The third kappa shape index (κ3) is 5.90.